The molecule has 23 heavy (non-hydrogen) atoms. The fourth-order valence-electron chi connectivity index (χ4n) is 1.90. The van der Waals surface area contributed by atoms with Crippen molar-refractivity contribution < 1.29 is 19.4 Å². The van der Waals surface area contributed by atoms with Gasteiger partial charge in [-0.1, -0.05) is 64.9 Å². The molecule has 0 aliphatic carbocycles. The minimum Gasteiger partial charge on any atom is -0.481 e. The van der Waals surface area contributed by atoms with E-state index in [4.69, 9.17) is 9.84 Å². The second-order valence-corrected chi connectivity index (χ2v) is 6.21. The van der Waals surface area contributed by atoms with E-state index in [9.17, 15) is 9.59 Å². The van der Waals surface area contributed by atoms with Gasteiger partial charge in [0.05, 0.1) is 6.10 Å². The number of hydrogen-bond acceptors (Lipinski definition) is 3. The van der Waals surface area contributed by atoms with Crippen LogP contribution in [-0.2, 0) is 14.3 Å². The van der Waals surface area contributed by atoms with E-state index in [1.807, 2.05) is 0 Å². The van der Waals surface area contributed by atoms with Gasteiger partial charge in [-0.3, -0.25) is 4.79 Å². The minimum atomic E-state index is -0.659. The Hall–Kier alpha value is -1.32. The zero-order valence-corrected chi connectivity index (χ0v) is 15.5. The van der Waals surface area contributed by atoms with Crippen molar-refractivity contribution in [1.29, 1.82) is 0 Å². The number of unbranched alkanes of at least 4 members (excludes halogenated alkanes) is 8. The molecule has 0 aliphatic heterocycles. The molecule has 4 heteroatoms. The number of ether oxygens (including phenoxy) is 1. The lowest BCUT2D eigenvalue weighted by Gasteiger charge is -2.05. The van der Waals surface area contributed by atoms with Crippen LogP contribution in [0.4, 0.5) is 0 Å². The van der Waals surface area contributed by atoms with Crippen molar-refractivity contribution >= 4 is 11.9 Å². The molecular formula is C19H36O4. The molecule has 136 valence electrons. The molecule has 4 nitrogen and oxygen atoms in total. The third-order valence-corrected chi connectivity index (χ3v) is 3.19. The first-order valence-corrected chi connectivity index (χ1v) is 8.89. The summed E-state index contributed by atoms with van der Waals surface area (Å²) in [6.45, 7) is 10.9. The van der Waals surface area contributed by atoms with Crippen LogP contribution in [0.25, 0.3) is 0 Å². The lowest BCUT2D eigenvalue weighted by atomic mass is 10.1. The van der Waals surface area contributed by atoms with Gasteiger partial charge in [-0.15, -0.1) is 0 Å². The second kappa shape index (κ2) is 17.0. The largest absolute Gasteiger partial charge is 0.481 e. The first-order valence-electron chi connectivity index (χ1n) is 8.89. The van der Waals surface area contributed by atoms with Gasteiger partial charge in [-0.25, -0.2) is 4.79 Å². The van der Waals surface area contributed by atoms with Gasteiger partial charge in [0.2, 0.25) is 0 Å². The van der Waals surface area contributed by atoms with Gasteiger partial charge in [0.25, 0.3) is 0 Å². The Morgan fingerprint density at radius 2 is 1.39 bits per heavy atom. The van der Waals surface area contributed by atoms with E-state index in [2.05, 4.69) is 13.5 Å². The highest BCUT2D eigenvalue weighted by Crippen LogP contribution is 2.10. The molecule has 1 N–H and O–H groups in total. The Morgan fingerprint density at radius 1 is 0.957 bits per heavy atom. The van der Waals surface area contributed by atoms with Gasteiger partial charge in [0, 0.05) is 12.0 Å². The highest BCUT2D eigenvalue weighted by atomic mass is 16.5. The molecule has 0 unspecified atom stereocenters. The highest BCUT2D eigenvalue weighted by Gasteiger charge is 2.03. The number of carbonyl (C=O) groups is 2. The van der Waals surface area contributed by atoms with Crippen LogP contribution >= 0.6 is 0 Å². The lowest BCUT2D eigenvalue weighted by Crippen LogP contribution is -2.11. The first-order chi connectivity index (χ1) is 10.8. The van der Waals surface area contributed by atoms with Crippen molar-refractivity contribution in [2.45, 2.75) is 98.0 Å². The Balaban J connectivity index is 0. The topological polar surface area (TPSA) is 63.6 Å². The maximum absolute atomic E-state index is 10.6. The summed E-state index contributed by atoms with van der Waals surface area (Å²) in [5, 5.41) is 8.41. The number of esters is 1. The van der Waals surface area contributed by atoms with Crippen LogP contribution in [0.2, 0.25) is 0 Å². The van der Waals surface area contributed by atoms with E-state index in [0.717, 1.165) is 12.8 Å². The quantitative estimate of drug-likeness (QED) is 0.291. The molecule has 0 aromatic heterocycles. The number of hydrogen-bond donors (Lipinski definition) is 1. The Kier molecular flexibility index (Phi) is 17.7. The highest BCUT2D eigenvalue weighted by molar-refractivity contribution is 5.87. The molecule has 0 aliphatic rings. The smallest absolute Gasteiger partial charge is 0.333 e. The molecule has 0 heterocycles. The van der Waals surface area contributed by atoms with Gasteiger partial charge >= 0.3 is 11.9 Å². The number of carboxylic acid groups (broad SMARTS) is 1. The van der Waals surface area contributed by atoms with Gasteiger partial charge in [-0.05, 0) is 27.2 Å². The van der Waals surface area contributed by atoms with Crippen molar-refractivity contribution in [3.63, 3.8) is 0 Å². The predicted octanol–water partition coefficient (Wildman–Crippen LogP) is 5.51. The molecule has 0 rings (SSSR count). The molecular weight excluding hydrogens is 292 g/mol. The summed E-state index contributed by atoms with van der Waals surface area (Å²) in [5.41, 5.74) is 0.448. The summed E-state index contributed by atoms with van der Waals surface area (Å²) in [4.78, 5) is 20.8. The van der Waals surface area contributed by atoms with E-state index in [0.29, 0.717) is 12.0 Å². The van der Waals surface area contributed by atoms with Crippen LogP contribution in [0.3, 0.4) is 0 Å². The second-order valence-electron chi connectivity index (χ2n) is 6.21. The summed E-state index contributed by atoms with van der Waals surface area (Å²) in [6, 6.07) is 0. The monoisotopic (exact) mass is 328 g/mol. The number of carboxylic acids is 1. The van der Waals surface area contributed by atoms with Gasteiger partial charge < -0.3 is 9.84 Å². The maximum atomic E-state index is 10.6. The number of aliphatic carboxylic acids is 1. The van der Waals surface area contributed by atoms with Crippen LogP contribution in [0.5, 0.6) is 0 Å². The average molecular weight is 328 g/mol. The van der Waals surface area contributed by atoms with Gasteiger partial charge in [-0.2, -0.15) is 0 Å². The summed E-state index contributed by atoms with van der Waals surface area (Å²) >= 11 is 0. The van der Waals surface area contributed by atoms with Crippen LogP contribution in [-0.4, -0.2) is 23.1 Å². The van der Waals surface area contributed by atoms with Crippen LogP contribution in [0.1, 0.15) is 91.9 Å². The number of carbonyl (C=O) groups excluding carboxylic acids is 1. The van der Waals surface area contributed by atoms with E-state index < -0.39 is 5.97 Å². The minimum absolute atomic E-state index is 0.0470. The van der Waals surface area contributed by atoms with Crippen molar-refractivity contribution in [1.82, 2.24) is 0 Å². The molecule has 0 saturated heterocycles. The molecule has 0 spiro atoms. The maximum Gasteiger partial charge on any atom is 0.333 e. The Labute approximate surface area is 142 Å². The fourth-order valence-corrected chi connectivity index (χ4v) is 1.90. The number of rotatable bonds is 12. The first kappa shape index (κ1) is 23.9. The summed E-state index contributed by atoms with van der Waals surface area (Å²) in [6.07, 6.45) is 11.4. The Morgan fingerprint density at radius 3 is 1.70 bits per heavy atom. The standard InChI is InChI=1S/C12H24O2.C7H12O2/c1-2-3-4-5-6-7-8-9-10-11-12(13)14;1-5(2)7(8)9-6(3)4/h2-11H2,1H3,(H,13,14);6H,1H2,2-4H3. The molecule has 0 saturated carbocycles. The summed E-state index contributed by atoms with van der Waals surface area (Å²) in [5.74, 6) is -0.974. The van der Waals surface area contributed by atoms with Gasteiger partial charge in [0.15, 0.2) is 0 Å². The molecule has 0 amide bonds. The summed E-state index contributed by atoms with van der Waals surface area (Å²) in [7, 11) is 0. The SMILES string of the molecule is C=C(C)C(=O)OC(C)C.CCCCCCCCCCCC(=O)O. The van der Waals surface area contributed by atoms with E-state index >= 15 is 0 Å². The predicted molar refractivity (Wildman–Crippen MR) is 95.5 cm³/mol. The molecule has 0 bridgehead atoms. The molecule has 0 radical (unpaired) electrons. The molecule has 0 atom stereocenters. The molecule has 0 aromatic rings. The zero-order chi connectivity index (χ0) is 18.1. The van der Waals surface area contributed by atoms with Crippen LogP contribution < -0.4 is 0 Å². The van der Waals surface area contributed by atoms with Crippen molar-refractivity contribution in [2.75, 3.05) is 0 Å². The molecule has 0 aromatic carbocycles. The zero-order valence-electron chi connectivity index (χ0n) is 15.5. The normalized spacial score (nSPS) is 9.96. The third kappa shape index (κ3) is 23.1. The summed E-state index contributed by atoms with van der Waals surface area (Å²) < 4.78 is 4.77. The Bertz CT molecular complexity index is 321. The van der Waals surface area contributed by atoms with Gasteiger partial charge in [0.1, 0.15) is 0 Å². The van der Waals surface area contributed by atoms with Crippen LogP contribution in [0, 0.1) is 0 Å². The van der Waals surface area contributed by atoms with E-state index in [1.165, 1.54) is 44.9 Å². The van der Waals surface area contributed by atoms with E-state index in [1.54, 1.807) is 20.8 Å². The third-order valence-electron chi connectivity index (χ3n) is 3.19. The average Bonchev–Trinajstić information content (AvgIpc) is 2.45. The van der Waals surface area contributed by atoms with Crippen molar-refractivity contribution in [3.8, 4) is 0 Å². The van der Waals surface area contributed by atoms with Crippen molar-refractivity contribution in [3.05, 3.63) is 12.2 Å². The van der Waals surface area contributed by atoms with Crippen LogP contribution in [0.15, 0.2) is 12.2 Å². The lowest BCUT2D eigenvalue weighted by molar-refractivity contribution is -0.142. The van der Waals surface area contributed by atoms with Crippen molar-refractivity contribution in [2.24, 2.45) is 0 Å². The molecule has 0 fully saturated rings. The van der Waals surface area contributed by atoms with E-state index in [-0.39, 0.29) is 12.1 Å². The fraction of sp³-hybridized carbons (Fsp3) is 0.789.